The summed E-state index contributed by atoms with van der Waals surface area (Å²) >= 11 is 0. The van der Waals surface area contributed by atoms with Gasteiger partial charge in [-0.2, -0.15) is 5.10 Å². The molecule has 1 aromatic heterocycles. The lowest BCUT2D eigenvalue weighted by molar-refractivity contribution is -0.135. The van der Waals surface area contributed by atoms with Crippen molar-refractivity contribution in [1.82, 2.24) is 40.4 Å². The first-order chi connectivity index (χ1) is 24.2. The molecule has 5 amide bonds. The number of aryl methyl sites for hydroxylation is 1. The molecule has 0 saturated carbocycles. The third-order valence-electron chi connectivity index (χ3n) is 11.7. The van der Waals surface area contributed by atoms with E-state index in [0.717, 1.165) is 85.0 Å². The van der Waals surface area contributed by atoms with Crippen LogP contribution in [-0.4, -0.2) is 118 Å². The Labute approximate surface area is 293 Å². The quantitative estimate of drug-likeness (QED) is 0.266. The van der Waals surface area contributed by atoms with Crippen molar-refractivity contribution in [2.45, 2.75) is 76.7 Å². The van der Waals surface area contributed by atoms with Crippen LogP contribution in [0.15, 0.2) is 42.6 Å². The topological polar surface area (TPSA) is 146 Å². The average Bonchev–Trinajstić information content (AvgIpc) is 3.78. The van der Waals surface area contributed by atoms with Crippen LogP contribution in [0.5, 0.6) is 0 Å². The number of H-pyrrole nitrogens is 1. The molecule has 50 heavy (non-hydrogen) atoms. The molecule has 4 aliphatic rings. The molecule has 3 aromatic rings. The van der Waals surface area contributed by atoms with E-state index >= 15 is 0 Å². The molecule has 7 rings (SSSR count). The SMILES string of the molecule is CN[C@H](C)C(=O)N1CCC2(CC1)CCN(C(c1cc(C)c3[nH]ncc3c1)[C@H](C=O)NC(=O)N1CCC(N3Cc4ccccc4NC3=O)CC1)C2. The van der Waals surface area contributed by atoms with Crippen molar-refractivity contribution in [1.29, 1.82) is 0 Å². The summed E-state index contributed by atoms with van der Waals surface area (Å²) < 4.78 is 0. The second-order valence-corrected chi connectivity index (χ2v) is 14.7. The molecule has 0 aliphatic carbocycles. The number of likely N-dealkylation sites (N-methyl/N-ethyl adjacent to an activating group) is 1. The molecule has 13 nitrogen and oxygen atoms in total. The van der Waals surface area contributed by atoms with Gasteiger partial charge in [-0.25, -0.2) is 9.59 Å². The molecule has 3 fully saturated rings. The number of aromatic nitrogens is 2. The molecular formula is C37H49N9O4. The Balaban J connectivity index is 1.05. The van der Waals surface area contributed by atoms with Crippen LogP contribution in [0.4, 0.5) is 15.3 Å². The molecule has 13 heteroatoms. The number of nitrogens with zero attached hydrogens (tertiary/aromatic N) is 5. The maximum atomic E-state index is 13.8. The van der Waals surface area contributed by atoms with E-state index in [-0.39, 0.29) is 41.5 Å². The van der Waals surface area contributed by atoms with Crippen molar-refractivity contribution in [3.8, 4) is 0 Å². The minimum absolute atomic E-state index is 0.0237. The third kappa shape index (κ3) is 6.56. The second-order valence-electron chi connectivity index (χ2n) is 14.7. The standard InChI is InChI=1S/C37H49N9O4/c1-24-18-27(19-28-20-39-42-32(24)28)33(45-17-12-37(23-45)10-15-43(16-11-37)34(48)25(2)38-3)31(22-47)41-35(49)44-13-8-29(9-14-44)46-21-26-6-4-5-7-30(26)40-36(46)50/h4-7,18-20,22,25,29,31,33,38H,8-17,21,23H2,1-3H3,(H,39,42)(H,40,50)(H,41,49)/t25-,31+,33?/m1/s1. The van der Waals surface area contributed by atoms with Gasteiger partial charge in [0, 0.05) is 56.4 Å². The fourth-order valence-electron chi connectivity index (χ4n) is 8.61. The van der Waals surface area contributed by atoms with E-state index in [0.29, 0.717) is 32.5 Å². The van der Waals surface area contributed by atoms with E-state index in [1.807, 2.05) is 55.0 Å². The van der Waals surface area contributed by atoms with Crippen LogP contribution in [0, 0.1) is 12.3 Å². The maximum absolute atomic E-state index is 13.8. The number of rotatable bonds is 8. The number of piperidine rings is 2. The van der Waals surface area contributed by atoms with Gasteiger partial charge in [0.1, 0.15) is 12.3 Å². The number of amides is 5. The van der Waals surface area contributed by atoms with E-state index in [1.54, 1.807) is 11.1 Å². The lowest BCUT2D eigenvalue weighted by Crippen LogP contribution is -2.55. The molecule has 0 radical (unpaired) electrons. The minimum Gasteiger partial charge on any atom is -0.341 e. The highest BCUT2D eigenvalue weighted by Crippen LogP contribution is 2.44. The molecule has 1 unspecified atom stereocenters. The fraction of sp³-hybridized carbons (Fsp3) is 0.541. The van der Waals surface area contributed by atoms with Gasteiger partial charge in [-0.15, -0.1) is 0 Å². The van der Waals surface area contributed by atoms with Crippen molar-refractivity contribution in [2.75, 3.05) is 51.6 Å². The van der Waals surface area contributed by atoms with E-state index in [1.165, 1.54) is 0 Å². The van der Waals surface area contributed by atoms with Crippen LogP contribution in [-0.2, 0) is 16.1 Å². The number of carbonyl (C=O) groups is 4. The zero-order chi connectivity index (χ0) is 35.0. The Hall–Kier alpha value is -4.49. The van der Waals surface area contributed by atoms with E-state index in [4.69, 9.17) is 0 Å². The van der Waals surface area contributed by atoms with Crippen molar-refractivity contribution in [2.24, 2.45) is 5.41 Å². The molecule has 0 bridgehead atoms. The van der Waals surface area contributed by atoms with Crippen LogP contribution >= 0.6 is 0 Å². The highest BCUT2D eigenvalue weighted by molar-refractivity contribution is 5.92. The number of likely N-dealkylation sites (tertiary alicyclic amines) is 3. The zero-order valence-electron chi connectivity index (χ0n) is 29.3. The Kier molecular flexibility index (Phi) is 9.53. The van der Waals surface area contributed by atoms with Gasteiger partial charge < -0.3 is 35.4 Å². The molecule has 3 atom stereocenters. The van der Waals surface area contributed by atoms with Crippen LogP contribution in [0.3, 0.4) is 0 Å². The van der Waals surface area contributed by atoms with E-state index in [2.05, 4.69) is 43.2 Å². The number of urea groups is 2. The number of para-hydroxylation sites is 1. The van der Waals surface area contributed by atoms with Crippen LogP contribution in [0.2, 0.25) is 0 Å². The Morgan fingerprint density at radius 1 is 1.04 bits per heavy atom. The number of benzene rings is 2. The number of fused-ring (bicyclic) bond motifs is 2. The summed E-state index contributed by atoms with van der Waals surface area (Å²) in [5.74, 6) is 0.135. The number of hydrogen-bond acceptors (Lipinski definition) is 7. The third-order valence-corrected chi connectivity index (χ3v) is 11.7. The zero-order valence-corrected chi connectivity index (χ0v) is 29.3. The number of carbonyl (C=O) groups excluding carboxylic acids is 4. The Morgan fingerprint density at radius 3 is 2.52 bits per heavy atom. The van der Waals surface area contributed by atoms with Crippen LogP contribution in [0.25, 0.3) is 10.9 Å². The van der Waals surface area contributed by atoms with Gasteiger partial charge in [-0.1, -0.05) is 24.3 Å². The number of aldehydes is 1. The highest BCUT2D eigenvalue weighted by Gasteiger charge is 2.45. The molecule has 5 heterocycles. The molecule has 266 valence electrons. The summed E-state index contributed by atoms with van der Waals surface area (Å²) in [6.07, 6.45) is 6.79. The summed E-state index contributed by atoms with van der Waals surface area (Å²) in [5, 5.41) is 17.5. The van der Waals surface area contributed by atoms with Gasteiger partial charge in [-0.05, 0) is 93.8 Å². The molecule has 4 N–H and O–H groups in total. The van der Waals surface area contributed by atoms with Gasteiger partial charge in [-0.3, -0.25) is 14.8 Å². The molecular weight excluding hydrogens is 634 g/mol. The largest absolute Gasteiger partial charge is 0.341 e. The van der Waals surface area contributed by atoms with Gasteiger partial charge in [0.25, 0.3) is 0 Å². The van der Waals surface area contributed by atoms with Crippen molar-refractivity contribution in [3.63, 3.8) is 0 Å². The van der Waals surface area contributed by atoms with E-state index < -0.39 is 6.04 Å². The Morgan fingerprint density at radius 2 is 1.78 bits per heavy atom. The lowest BCUT2D eigenvalue weighted by atomic mass is 9.77. The number of nitrogens with one attached hydrogen (secondary N) is 4. The summed E-state index contributed by atoms with van der Waals surface area (Å²) in [6.45, 7) is 8.49. The van der Waals surface area contributed by atoms with Gasteiger partial charge in [0.15, 0.2) is 0 Å². The number of hydrogen-bond donors (Lipinski definition) is 4. The lowest BCUT2D eigenvalue weighted by Gasteiger charge is -2.42. The summed E-state index contributed by atoms with van der Waals surface area (Å²) in [5.41, 5.74) is 4.94. The average molecular weight is 684 g/mol. The number of aromatic amines is 1. The highest BCUT2D eigenvalue weighted by atomic mass is 16.2. The first-order valence-corrected chi connectivity index (χ1v) is 18.0. The maximum Gasteiger partial charge on any atom is 0.322 e. The van der Waals surface area contributed by atoms with E-state index in [9.17, 15) is 19.2 Å². The van der Waals surface area contributed by atoms with Crippen molar-refractivity contribution < 1.29 is 19.2 Å². The molecule has 1 spiro atoms. The summed E-state index contributed by atoms with van der Waals surface area (Å²) in [7, 11) is 1.81. The van der Waals surface area contributed by atoms with Gasteiger partial charge in [0.05, 0.1) is 23.8 Å². The Bertz CT molecular complexity index is 1740. The number of anilines is 1. The van der Waals surface area contributed by atoms with Crippen molar-refractivity contribution in [3.05, 3.63) is 59.3 Å². The van der Waals surface area contributed by atoms with Gasteiger partial charge >= 0.3 is 12.1 Å². The first-order valence-electron chi connectivity index (χ1n) is 18.0. The summed E-state index contributed by atoms with van der Waals surface area (Å²) in [6, 6.07) is 10.3. The first kappa shape index (κ1) is 34.0. The minimum atomic E-state index is -0.776. The normalized spacial score (nSPS) is 21.5. The smallest absolute Gasteiger partial charge is 0.322 e. The molecule has 3 saturated heterocycles. The molecule has 4 aliphatic heterocycles. The van der Waals surface area contributed by atoms with Gasteiger partial charge in [0.2, 0.25) is 5.91 Å². The van der Waals surface area contributed by atoms with Crippen molar-refractivity contribution >= 4 is 40.8 Å². The predicted octanol–water partition coefficient (Wildman–Crippen LogP) is 3.62. The van der Waals surface area contributed by atoms with Crippen LogP contribution < -0.4 is 16.0 Å². The van der Waals surface area contributed by atoms with Crippen LogP contribution in [0.1, 0.15) is 61.8 Å². The molecule has 2 aromatic carbocycles. The predicted molar refractivity (Wildman–Crippen MR) is 191 cm³/mol. The monoisotopic (exact) mass is 683 g/mol. The second kappa shape index (κ2) is 14.0. The summed E-state index contributed by atoms with van der Waals surface area (Å²) in [4.78, 5) is 60.6. The fourth-order valence-corrected chi connectivity index (χ4v) is 8.61.